The van der Waals surface area contributed by atoms with Gasteiger partial charge >= 0.3 is 0 Å². The second-order valence-electron chi connectivity index (χ2n) is 5.34. The standard InChI is InChI=1S/C16H19N3O2.ClH/c20-15-10-17-6-12(15)7-19-16(21)14-9-18-8-13(14)11-4-2-1-3-5-11;/h1-5,8-9,12,15,17-18,20H,6-7,10H2,(H,19,21);1H. The summed E-state index contributed by atoms with van der Waals surface area (Å²) in [5, 5.41) is 15.8. The van der Waals surface area contributed by atoms with Crippen molar-refractivity contribution in [3.8, 4) is 11.1 Å². The van der Waals surface area contributed by atoms with Crippen LogP contribution in [-0.2, 0) is 0 Å². The molecule has 0 radical (unpaired) electrons. The van der Waals surface area contributed by atoms with Gasteiger partial charge < -0.3 is 20.7 Å². The van der Waals surface area contributed by atoms with Crippen LogP contribution in [0.4, 0.5) is 0 Å². The molecule has 22 heavy (non-hydrogen) atoms. The molecule has 0 aliphatic carbocycles. The van der Waals surface area contributed by atoms with Gasteiger partial charge in [0.05, 0.1) is 11.7 Å². The fourth-order valence-corrected chi connectivity index (χ4v) is 2.65. The van der Waals surface area contributed by atoms with Gasteiger partial charge in [-0.2, -0.15) is 0 Å². The highest BCUT2D eigenvalue weighted by Gasteiger charge is 2.25. The minimum Gasteiger partial charge on any atom is -0.391 e. The van der Waals surface area contributed by atoms with Crippen molar-refractivity contribution >= 4 is 18.3 Å². The van der Waals surface area contributed by atoms with E-state index in [0.29, 0.717) is 18.7 Å². The summed E-state index contributed by atoms with van der Waals surface area (Å²) in [6.07, 6.45) is 3.15. The van der Waals surface area contributed by atoms with E-state index in [-0.39, 0.29) is 30.3 Å². The number of carbonyl (C=O) groups is 1. The summed E-state index contributed by atoms with van der Waals surface area (Å²) in [5.41, 5.74) is 2.52. The van der Waals surface area contributed by atoms with Crippen LogP contribution in [0.5, 0.6) is 0 Å². The molecule has 1 aromatic heterocycles. The van der Waals surface area contributed by atoms with Gasteiger partial charge in [-0.15, -0.1) is 12.4 Å². The van der Waals surface area contributed by atoms with Gasteiger partial charge in [-0.1, -0.05) is 30.3 Å². The van der Waals surface area contributed by atoms with Crippen LogP contribution in [-0.4, -0.2) is 41.7 Å². The molecular weight excluding hydrogens is 302 g/mol. The predicted octanol–water partition coefficient (Wildman–Crippen LogP) is 1.41. The van der Waals surface area contributed by atoms with E-state index in [1.807, 2.05) is 36.5 Å². The molecule has 1 aliphatic rings. The van der Waals surface area contributed by atoms with E-state index in [1.165, 1.54) is 0 Å². The Morgan fingerprint density at radius 2 is 2.00 bits per heavy atom. The summed E-state index contributed by atoms with van der Waals surface area (Å²) >= 11 is 0. The highest BCUT2D eigenvalue weighted by Crippen LogP contribution is 2.23. The molecule has 1 fully saturated rings. The Morgan fingerprint density at radius 3 is 2.68 bits per heavy atom. The highest BCUT2D eigenvalue weighted by atomic mass is 35.5. The molecule has 2 heterocycles. The maximum atomic E-state index is 12.3. The zero-order valence-corrected chi connectivity index (χ0v) is 12.9. The topological polar surface area (TPSA) is 77.2 Å². The van der Waals surface area contributed by atoms with E-state index >= 15 is 0 Å². The average molecular weight is 322 g/mol. The first-order valence-electron chi connectivity index (χ1n) is 7.15. The van der Waals surface area contributed by atoms with Crippen LogP contribution in [0.1, 0.15) is 10.4 Å². The molecule has 1 amide bonds. The Bertz CT molecular complexity index is 615. The first kappa shape index (κ1) is 16.5. The molecular formula is C16H20ClN3O2. The number of hydrogen-bond donors (Lipinski definition) is 4. The number of aromatic nitrogens is 1. The Hall–Kier alpha value is -1.82. The normalized spacial score (nSPS) is 20.4. The van der Waals surface area contributed by atoms with Crippen molar-refractivity contribution in [3.63, 3.8) is 0 Å². The molecule has 2 aromatic rings. The Balaban J connectivity index is 0.00000176. The number of rotatable bonds is 4. The van der Waals surface area contributed by atoms with Crippen molar-refractivity contribution in [2.24, 2.45) is 5.92 Å². The molecule has 0 spiro atoms. The molecule has 5 nitrogen and oxygen atoms in total. The van der Waals surface area contributed by atoms with Crippen LogP contribution in [0.15, 0.2) is 42.7 Å². The fourth-order valence-electron chi connectivity index (χ4n) is 2.65. The number of H-pyrrole nitrogens is 1. The summed E-state index contributed by atoms with van der Waals surface area (Å²) in [5.74, 6) is -0.0396. The van der Waals surface area contributed by atoms with Crippen LogP contribution in [0, 0.1) is 5.92 Å². The minimum atomic E-state index is -0.384. The molecule has 0 saturated carbocycles. The van der Waals surface area contributed by atoms with E-state index < -0.39 is 0 Å². The monoisotopic (exact) mass is 321 g/mol. The number of aliphatic hydroxyl groups excluding tert-OH is 1. The largest absolute Gasteiger partial charge is 0.391 e. The van der Waals surface area contributed by atoms with Crippen LogP contribution in [0.2, 0.25) is 0 Å². The number of halogens is 1. The Kier molecular flexibility index (Phi) is 5.60. The van der Waals surface area contributed by atoms with E-state index in [2.05, 4.69) is 15.6 Å². The third-order valence-corrected chi connectivity index (χ3v) is 3.90. The zero-order chi connectivity index (χ0) is 14.7. The SMILES string of the molecule is Cl.O=C(NCC1CNCC1O)c1c[nH]cc1-c1ccccc1. The minimum absolute atomic E-state index is 0. The summed E-state index contributed by atoms with van der Waals surface area (Å²) in [7, 11) is 0. The molecule has 0 bridgehead atoms. The second kappa shape index (κ2) is 7.45. The number of amides is 1. The van der Waals surface area contributed by atoms with Gasteiger partial charge in [0.1, 0.15) is 0 Å². The van der Waals surface area contributed by atoms with E-state index in [4.69, 9.17) is 0 Å². The summed E-state index contributed by atoms with van der Waals surface area (Å²) < 4.78 is 0. The van der Waals surface area contributed by atoms with Crippen LogP contribution >= 0.6 is 12.4 Å². The van der Waals surface area contributed by atoms with Gasteiger partial charge in [0.15, 0.2) is 0 Å². The molecule has 3 rings (SSSR count). The van der Waals surface area contributed by atoms with Gasteiger partial charge in [-0.05, 0) is 5.56 Å². The van der Waals surface area contributed by atoms with Crippen LogP contribution in [0.3, 0.4) is 0 Å². The molecule has 4 N–H and O–H groups in total. The first-order chi connectivity index (χ1) is 10.3. The number of benzene rings is 1. The van der Waals surface area contributed by atoms with Gasteiger partial charge in [0.2, 0.25) is 0 Å². The van der Waals surface area contributed by atoms with Gasteiger partial charge in [-0.3, -0.25) is 4.79 Å². The first-order valence-corrected chi connectivity index (χ1v) is 7.15. The van der Waals surface area contributed by atoms with E-state index in [0.717, 1.165) is 17.7 Å². The Morgan fingerprint density at radius 1 is 1.23 bits per heavy atom. The summed E-state index contributed by atoms with van der Waals surface area (Å²) in [6.45, 7) is 1.81. The zero-order valence-electron chi connectivity index (χ0n) is 12.1. The maximum Gasteiger partial charge on any atom is 0.253 e. The number of β-amino-alcohol motifs (C(OH)–C–C–N with tert-alkyl or cyclic N) is 1. The fraction of sp³-hybridized carbons (Fsp3) is 0.312. The van der Waals surface area contributed by atoms with Crippen molar-refractivity contribution in [1.82, 2.24) is 15.6 Å². The van der Waals surface area contributed by atoms with Crippen LogP contribution in [0.25, 0.3) is 11.1 Å². The molecule has 1 aliphatic heterocycles. The molecule has 118 valence electrons. The quantitative estimate of drug-likeness (QED) is 0.688. The number of nitrogens with one attached hydrogen (secondary N) is 3. The lowest BCUT2D eigenvalue weighted by Gasteiger charge is -2.14. The maximum absolute atomic E-state index is 12.3. The van der Waals surface area contributed by atoms with Crippen molar-refractivity contribution < 1.29 is 9.90 Å². The molecule has 1 aromatic carbocycles. The lowest BCUT2D eigenvalue weighted by molar-refractivity contribution is 0.0928. The third-order valence-electron chi connectivity index (χ3n) is 3.90. The lowest BCUT2D eigenvalue weighted by atomic mass is 10.0. The number of carbonyl (C=O) groups excluding carboxylic acids is 1. The number of hydrogen-bond acceptors (Lipinski definition) is 3. The predicted molar refractivity (Wildman–Crippen MR) is 88.2 cm³/mol. The Labute approximate surface area is 135 Å². The van der Waals surface area contributed by atoms with Gasteiger partial charge in [0, 0.05) is 43.5 Å². The number of aromatic amines is 1. The van der Waals surface area contributed by atoms with E-state index in [9.17, 15) is 9.90 Å². The molecule has 2 unspecified atom stereocenters. The summed E-state index contributed by atoms with van der Waals surface area (Å²) in [4.78, 5) is 15.3. The van der Waals surface area contributed by atoms with Crippen molar-refractivity contribution in [2.75, 3.05) is 19.6 Å². The molecule has 1 saturated heterocycles. The summed E-state index contributed by atoms with van der Waals surface area (Å²) in [6, 6.07) is 9.80. The smallest absolute Gasteiger partial charge is 0.253 e. The second-order valence-corrected chi connectivity index (χ2v) is 5.34. The van der Waals surface area contributed by atoms with Gasteiger partial charge in [-0.25, -0.2) is 0 Å². The molecule has 2 atom stereocenters. The van der Waals surface area contributed by atoms with E-state index in [1.54, 1.807) is 6.20 Å². The molecule has 6 heteroatoms. The average Bonchev–Trinajstić information content (AvgIpc) is 3.15. The highest BCUT2D eigenvalue weighted by molar-refractivity contribution is 6.00. The third kappa shape index (κ3) is 3.50. The van der Waals surface area contributed by atoms with Crippen molar-refractivity contribution in [2.45, 2.75) is 6.10 Å². The van der Waals surface area contributed by atoms with Crippen molar-refractivity contribution in [1.29, 1.82) is 0 Å². The number of aliphatic hydroxyl groups is 1. The van der Waals surface area contributed by atoms with Gasteiger partial charge in [0.25, 0.3) is 5.91 Å². The lowest BCUT2D eigenvalue weighted by Crippen LogP contribution is -2.34. The van der Waals surface area contributed by atoms with Crippen molar-refractivity contribution in [3.05, 3.63) is 48.3 Å². The van der Waals surface area contributed by atoms with Crippen LogP contribution < -0.4 is 10.6 Å².